The number of aromatic nitrogens is 2. The van der Waals surface area contributed by atoms with E-state index in [1.165, 1.54) is 11.3 Å². The van der Waals surface area contributed by atoms with E-state index in [4.69, 9.17) is 10.5 Å². The zero-order valence-electron chi connectivity index (χ0n) is 15.7. The summed E-state index contributed by atoms with van der Waals surface area (Å²) in [5, 5.41) is 4.96. The number of anilines is 1. The van der Waals surface area contributed by atoms with E-state index >= 15 is 0 Å². The molecule has 150 valence electrons. The van der Waals surface area contributed by atoms with Crippen LogP contribution in [0.3, 0.4) is 0 Å². The summed E-state index contributed by atoms with van der Waals surface area (Å²) in [6.07, 6.45) is 2.56. The lowest BCUT2D eigenvalue weighted by atomic mass is 10.1. The van der Waals surface area contributed by atoms with Crippen LogP contribution in [-0.4, -0.2) is 34.7 Å². The van der Waals surface area contributed by atoms with Gasteiger partial charge in [0, 0.05) is 35.5 Å². The number of amides is 2. The SMILES string of the molecule is COc1ccc(C(=O)CCCC(=O)Nc2nc(-c3c[nH]c(C(N)=O)c3)cs2)cc1. The van der Waals surface area contributed by atoms with Gasteiger partial charge in [-0.1, -0.05) is 0 Å². The first-order valence-electron chi connectivity index (χ1n) is 8.87. The van der Waals surface area contributed by atoms with Gasteiger partial charge in [0.2, 0.25) is 5.91 Å². The van der Waals surface area contributed by atoms with Crippen LogP contribution >= 0.6 is 11.3 Å². The van der Waals surface area contributed by atoms with E-state index in [-0.39, 0.29) is 24.5 Å². The van der Waals surface area contributed by atoms with Gasteiger partial charge in [-0.3, -0.25) is 14.4 Å². The van der Waals surface area contributed by atoms with Crippen molar-refractivity contribution >= 4 is 34.1 Å². The lowest BCUT2D eigenvalue weighted by molar-refractivity contribution is -0.116. The number of carbonyl (C=O) groups excluding carboxylic acids is 3. The van der Waals surface area contributed by atoms with Gasteiger partial charge in [-0.15, -0.1) is 11.3 Å². The van der Waals surface area contributed by atoms with Gasteiger partial charge in [0.1, 0.15) is 11.4 Å². The Morgan fingerprint density at radius 2 is 1.97 bits per heavy atom. The van der Waals surface area contributed by atoms with Crippen molar-refractivity contribution in [3.05, 3.63) is 53.2 Å². The van der Waals surface area contributed by atoms with Crippen LogP contribution in [0.1, 0.15) is 40.1 Å². The standard InChI is InChI=1S/C20H20N4O4S/c1-28-14-7-5-12(6-8-14)17(25)3-2-4-18(26)24-20-23-16(11-29-20)13-9-15(19(21)27)22-10-13/h5-11,22H,2-4H2,1H3,(H2,21,27)(H,23,24,26). The van der Waals surface area contributed by atoms with Gasteiger partial charge in [0.15, 0.2) is 10.9 Å². The van der Waals surface area contributed by atoms with Gasteiger partial charge in [0.05, 0.1) is 12.8 Å². The van der Waals surface area contributed by atoms with Crippen LogP contribution in [0.15, 0.2) is 41.9 Å². The Kier molecular flexibility index (Phi) is 6.40. The maximum Gasteiger partial charge on any atom is 0.265 e. The Hall–Kier alpha value is -3.46. The number of benzene rings is 1. The minimum Gasteiger partial charge on any atom is -0.497 e. The molecule has 0 fully saturated rings. The molecule has 2 amide bonds. The summed E-state index contributed by atoms with van der Waals surface area (Å²) in [7, 11) is 1.57. The van der Waals surface area contributed by atoms with Gasteiger partial charge < -0.3 is 20.8 Å². The molecule has 0 spiro atoms. The average Bonchev–Trinajstić information content (AvgIpc) is 3.37. The molecule has 0 unspecified atom stereocenters. The van der Waals surface area contributed by atoms with Crippen LogP contribution in [0, 0.1) is 0 Å². The quantitative estimate of drug-likeness (QED) is 0.465. The predicted molar refractivity (Wildman–Crippen MR) is 110 cm³/mol. The highest BCUT2D eigenvalue weighted by Crippen LogP contribution is 2.25. The highest BCUT2D eigenvalue weighted by Gasteiger charge is 2.12. The lowest BCUT2D eigenvalue weighted by Gasteiger charge is -2.04. The van der Waals surface area contributed by atoms with Crippen LogP contribution in [0.5, 0.6) is 5.75 Å². The lowest BCUT2D eigenvalue weighted by Crippen LogP contribution is -2.11. The van der Waals surface area contributed by atoms with Crippen molar-refractivity contribution in [1.29, 1.82) is 0 Å². The summed E-state index contributed by atoms with van der Waals surface area (Å²) in [5.41, 5.74) is 7.44. The molecule has 3 aromatic rings. The molecule has 9 heteroatoms. The summed E-state index contributed by atoms with van der Waals surface area (Å²) in [4.78, 5) is 42.6. The smallest absolute Gasteiger partial charge is 0.265 e. The number of hydrogen-bond acceptors (Lipinski definition) is 6. The molecule has 2 heterocycles. The Balaban J connectivity index is 1.47. The number of nitrogens with one attached hydrogen (secondary N) is 2. The monoisotopic (exact) mass is 412 g/mol. The second-order valence-electron chi connectivity index (χ2n) is 6.26. The fraction of sp³-hybridized carbons (Fsp3) is 0.200. The zero-order chi connectivity index (χ0) is 20.8. The second-order valence-corrected chi connectivity index (χ2v) is 7.12. The molecule has 0 bridgehead atoms. The molecular formula is C20H20N4O4S. The predicted octanol–water partition coefficient (Wildman–Crippen LogP) is 3.24. The summed E-state index contributed by atoms with van der Waals surface area (Å²) in [6.45, 7) is 0. The average molecular weight is 412 g/mol. The minimum atomic E-state index is -0.552. The molecule has 0 aliphatic heterocycles. The second kappa shape index (κ2) is 9.16. The number of primary amides is 1. The van der Waals surface area contributed by atoms with Crippen LogP contribution < -0.4 is 15.8 Å². The number of thiazole rings is 1. The van der Waals surface area contributed by atoms with E-state index in [0.717, 1.165) is 0 Å². The fourth-order valence-corrected chi connectivity index (χ4v) is 3.40. The molecule has 4 N–H and O–H groups in total. The number of ketones is 1. The van der Waals surface area contributed by atoms with Crippen molar-refractivity contribution in [3.8, 4) is 17.0 Å². The van der Waals surface area contributed by atoms with Crippen LogP contribution in [0.25, 0.3) is 11.3 Å². The number of aromatic amines is 1. The van der Waals surface area contributed by atoms with Gasteiger partial charge >= 0.3 is 0 Å². The molecule has 29 heavy (non-hydrogen) atoms. The molecule has 0 radical (unpaired) electrons. The number of methoxy groups -OCH3 is 1. The highest BCUT2D eigenvalue weighted by molar-refractivity contribution is 7.14. The maximum absolute atomic E-state index is 12.2. The largest absolute Gasteiger partial charge is 0.497 e. The molecule has 3 rings (SSSR count). The molecule has 0 saturated heterocycles. The molecule has 0 saturated carbocycles. The molecule has 2 aromatic heterocycles. The zero-order valence-corrected chi connectivity index (χ0v) is 16.5. The number of hydrogen-bond donors (Lipinski definition) is 3. The number of Topliss-reactive ketones (excluding diaryl/α,β-unsaturated/α-hetero) is 1. The minimum absolute atomic E-state index is 0.0188. The van der Waals surface area contributed by atoms with E-state index in [1.54, 1.807) is 49.0 Å². The number of ether oxygens (including phenoxy) is 1. The first-order chi connectivity index (χ1) is 14.0. The van der Waals surface area contributed by atoms with E-state index in [9.17, 15) is 14.4 Å². The fourth-order valence-electron chi connectivity index (χ4n) is 2.66. The van der Waals surface area contributed by atoms with Crippen molar-refractivity contribution in [2.45, 2.75) is 19.3 Å². The number of carbonyl (C=O) groups is 3. The van der Waals surface area contributed by atoms with E-state index in [2.05, 4.69) is 15.3 Å². The summed E-state index contributed by atoms with van der Waals surface area (Å²) in [5.74, 6) is -0.0894. The van der Waals surface area contributed by atoms with E-state index < -0.39 is 5.91 Å². The third-order valence-corrected chi connectivity index (χ3v) is 4.97. The normalized spacial score (nSPS) is 10.5. The molecule has 0 aliphatic carbocycles. The van der Waals surface area contributed by atoms with Gasteiger partial charge in [-0.05, 0) is 36.8 Å². The molecule has 1 aromatic carbocycles. The molecular weight excluding hydrogens is 392 g/mol. The molecule has 0 atom stereocenters. The summed E-state index contributed by atoms with van der Waals surface area (Å²) in [6, 6.07) is 8.49. The highest BCUT2D eigenvalue weighted by atomic mass is 32.1. The van der Waals surface area contributed by atoms with Crippen LogP contribution in [0.4, 0.5) is 5.13 Å². The Labute approximate surface area is 171 Å². The third kappa shape index (κ3) is 5.29. The van der Waals surface area contributed by atoms with Crippen LogP contribution in [0.2, 0.25) is 0 Å². The first-order valence-corrected chi connectivity index (χ1v) is 9.75. The summed E-state index contributed by atoms with van der Waals surface area (Å²) < 4.78 is 5.07. The van der Waals surface area contributed by atoms with Gasteiger partial charge in [0.25, 0.3) is 5.91 Å². The molecule has 8 nitrogen and oxygen atoms in total. The topological polar surface area (TPSA) is 127 Å². The number of nitrogens with zero attached hydrogens (tertiary/aromatic N) is 1. The number of rotatable bonds is 9. The number of H-pyrrole nitrogens is 1. The third-order valence-electron chi connectivity index (χ3n) is 4.21. The van der Waals surface area contributed by atoms with Crippen LogP contribution in [-0.2, 0) is 4.79 Å². The number of nitrogens with two attached hydrogens (primary N) is 1. The maximum atomic E-state index is 12.2. The van der Waals surface area contributed by atoms with Gasteiger partial charge in [-0.25, -0.2) is 4.98 Å². The van der Waals surface area contributed by atoms with Crippen molar-refractivity contribution in [3.63, 3.8) is 0 Å². The Bertz CT molecular complexity index is 1020. The van der Waals surface area contributed by atoms with Crippen molar-refractivity contribution < 1.29 is 19.1 Å². The Morgan fingerprint density at radius 1 is 1.21 bits per heavy atom. The molecule has 0 aliphatic rings. The van der Waals surface area contributed by atoms with Crippen molar-refractivity contribution in [1.82, 2.24) is 9.97 Å². The van der Waals surface area contributed by atoms with E-state index in [0.29, 0.717) is 39.8 Å². The van der Waals surface area contributed by atoms with Gasteiger partial charge in [-0.2, -0.15) is 0 Å². The van der Waals surface area contributed by atoms with Crippen molar-refractivity contribution in [2.75, 3.05) is 12.4 Å². The first kappa shape index (κ1) is 20.3. The Morgan fingerprint density at radius 3 is 2.62 bits per heavy atom. The summed E-state index contributed by atoms with van der Waals surface area (Å²) >= 11 is 1.28. The van der Waals surface area contributed by atoms with E-state index in [1.807, 2.05) is 0 Å². The van der Waals surface area contributed by atoms with Crippen molar-refractivity contribution in [2.24, 2.45) is 5.73 Å².